The lowest BCUT2D eigenvalue weighted by atomic mass is 9.90. The molecule has 2 aliphatic heterocycles. The second-order valence-electron chi connectivity index (χ2n) is 8.44. The zero-order valence-electron chi connectivity index (χ0n) is 17.8. The molecule has 2 aromatic rings. The van der Waals surface area contributed by atoms with Crippen molar-refractivity contribution >= 4 is 23.4 Å². The lowest BCUT2D eigenvalue weighted by Crippen LogP contribution is -2.51. The number of rotatable bonds is 5. The molecule has 3 atom stereocenters. The first-order valence-corrected chi connectivity index (χ1v) is 10.9. The van der Waals surface area contributed by atoms with Crippen LogP contribution in [0.1, 0.15) is 47.4 Å². The zero-order valence-corrected chi connectivity index (χ0v) is 18.5. The van der Waals surface area contributed by atoms with Crippen molar-refractivity contribution in [2.24, 2.45) is 5.92 Å². The Kier molecular flexibility index (Phi) is 6.44. The Bertz CT molecular complexity index is 1050. The van der Waals surface area contributed by atoms with Crippen molar-refractivity contribution in [1.29, 1.82) is 0 Å². The van der Waals surface area contributed by atoms with E-state index in [-0.39, 0.29) is 34.1 Å². The number of aromatic nitrogens is 1. The van der Waals surface area contributed by atoms with Crippen molar-refractivity contribution < 1.29 is 23.1 Å². The van der Waals surface area contributed by atoms with Crippen LogP contribution in [0.2, 0.25) is 5.02 Å². The SMILES string of the molecule is Cc1ccnc(C(=O)N2[C@H](C)CC[C@@H]2C(=O)N[C@@H](c2cc(F)c(Cl)cc2F)C2COC2)c1. The molecule has 4 rings (SSSR count). The molecule has 0 spiro atoms. The molecule has 32 heavy (non-hydrogen) atoms. The molecule has 170 valence electrons. The number of carbonyl (C=O) groups is 2. The largest absolute Gasteiger partial charge is 0.381 e. The molecule has 0 radical (unpaired) electrons. The third-order valence-electron chi connectivity index (χ3n) is 6.15. The molecule has 6 nitrogen and oxygen atoms in total. The highest BCUT2D eigenvalue weighted by Crippen LogP contribution is 2.33. The number of halogens is 3. The zero-order chi connectivity index (χ0) is 23.0. The maximum atomic E-state index is 14.6. The first kappa shape index (κ1) is 22.6. The average molecular weight is 464 g/mol. The maximum Gasteiger partial charge on any atom is 0.273 e. The minimum Gasteiger partial charge on any atom is -0.381 e. The van der Waals surface area contributed by atoms with Gasteiger partial charge in [-0.15, -0.1) is 0 Å². The molecule has 1 aromatic carbocycles. The van der Waals surface area contributed by atoms with E-state index in [0.717, 1.165) is 17.7 Å². The third kappa shape index (κ3) is 4.34. The Balaban J connectivity index is 1.59. The summed E-state index contributed by atoms with van der Waals surface area (Å²) < 4.78 is 33.9. The molecule has 2 fully saturated rings. The van der Waals surface area contributed by atoms with Crippen molar-refractivity contribution in [2.75, 3.05) is 13.2 Å². The highest BCUT2D eigenvalue weighted by molar-refractivity contribution is 6.30. The van der Waals surface area contributed by atoms with Crippen LogP contribution in [0, 0.1) is 24.5 Å². The number of likely N-dealkylation sites (tertiary alicyclic amines) is 1. The predicted octanol–water partition coefficient (Wildman–Crippen LogP) is 3.82. The summed E-state index contributed by atoms with van der Waals surface area (Å²) in [6.45, 7) is 4.37. The molecule has 1 aromatic heterocycles. The van der Waals surface area contributed by atoms with Gasteiger partial charge in [-0.25, -0.2) is 8.78 Å². The van der Waals surface area contributed by atoms with Crippen LogP contribution >= 0.6 is 11.6 Å². The summed E-state index contributed by atoms with van der Waals surface area (Å²) in [7, 11) is 0. The van der Waals surface area contributed by atoms with E-state index in [1.54, 1.807) is 18.3 Å². The van der Waals surface area contributed by atoms with Crippen LogP contribution < -0.4 is 5.32 Å². The van der Waals surface area contributed by atoms with Gasteiger partial charge in [0.15, 0.2) is 0 Å². The van der Waals surface area contributed by atoms with Crippen LogP contribution in [-0.4, -0.2) is 47.0 Å². The lowest BCUT2D eigenvalue weighted by molar-refractivity contribution is -0.128. The molecule has 2 aliphatic rings. The molecule has 2 saturated heterocycles. The normalized spacial score (nSPS) is 21.8. The Hall–Kier alpha value is -2.58. The molecular formula is C23H24ClF2N3O3. The number of pyridine rings is 1. The molecule has 0 saturated carbocycles. The Morgan fingerprint density at radius 2 is 1.97 bits per heavy atom. The first-order valence-electron chi connectivity index (χ1n) is 10.5. The standard InChI is InChI=1S/C23H24ClF2N3O3/c1-12-5-6-27-19(7-12)23(31)29-13(2)3-4-20(29)22(30)28-21(14-10-32-11-14)15-8-18(26)16(24)9-17(15)25/h5-9,13-14,20-21H,3-4,10-11H2,1-2H3,(H,28,30)/t13-,20-,21-/m1/s1. The Morgan fingerprint density at radius 1 is 1.22 bits per heavy atom. The summed E-state index contributed by atoms with van der Waals surface area (Å²) in [5.74, 6) is -2.42. The molecular weight excluding hydrogens is 440 g/mol. The number of ether oxygens (including phenoxy) is 1. The highest BCUT2D eigenvalue weighted by Gasteiger charge is 2.42. The molecule has 0 unspecified atom stereocenters. The van der Waals surface area contributed by atoms with Crippen molar-refractivity contribution in [3.05, 3.63) is 63.9 Å². The maximum absolute atomic E-state index is 14.6. The molecule has 2 amide bonds. The summed E-state index contributed by atoms with van der Waals surface area (Å²) in [4.78, 5) is 32.1. The molecule has 1 N–H and O–H groups in total. The van der Waals surface area contributed by atoms with Gasteiger partial charge < -0.3 is 15.0 Å². The van der Waals surface area contributed by atoms with Gasteiger partial charge >= 0.3 is 0 Å². The van der Waals surface area contributed by atoms with E-state index in [9.17, 15) is 18.4 Å². The fourth-order valence-electron chi connectivity index (χ4n) is 4.29. The quantitative estimate of drug-likeness (QED) is 0.684. The number of amides is 2. The van der Waals surface area contributed by atoms with Crippen LogP contribution in [0.15, 0.2) is 30.5 Å². The average Bonchev–Trinajstić information content (AvgIpc) is 3.10. The van der Waals surface area contributed by atoms with Crippen molar-refractivity contribution in [1.82, 2.24) is 15.2 Å². The smallest absolute Gasteiger partial charge is 0.273 e. The first-order chi connectivity index (χ1) is 15.3. The van der Waals surface area contributed by atoms with E-state index in [0.29, 0.717) is 26.1 Å². The van der Waals surface area contributed by atoms with E-state index < -0.39 is 29.6 Å². The van der Waals surface area contributed by atoms with Gasteiger partial charge in [-0.05, 0) is 56.5 Å². The van der Waals surface area contributed by atoms with Crippen LogP contribution in [0.3, 0.4) is 0 Å². The number of nitrogens with zero attached hydrogens (tertiary/aromatic N) is 2. The number of aryl methyl sites for hydroxylation is 1. The number of hydrogen-bond acceptors (Lipinski definition) is 4. The highest BCUT2D eigenvalue weighted by atomic mass is 35.5. The minimum atomic E-state index is -0.798. The second-order valence-corrected chi connectivity index (χ2v) is 8.85. The fraction of sp³-hybridized carbons (Fsp3) is 0.435. The van der Waals surface area contributed by atoms with Crippen LogP contribution in [0.25, 0.3) is 0 Å². The van der Waals surface area contributed by atoms with Gasteiger partial charge in [0.2, 0.25) is 5.91 Å². The van der Waals surface area contributed by atoms with Gasteiger partial charge in [0.1, 0.15) is 23.4 Å². The summed E-state index contributed by atoms with van der Waals surface area (Å²) >= 11 is 5.69. The molecule has 9 heteroatoms. The Labute approximate surface area is 189 Å². The van der Waals surface area contributed by atoms with Gasteiger partial charge in [0, 0.05) is 23.7 Å². The summed E-state index contributed by atoms with van der Waals surface area (Å²) in [6, 6.07) is 3.70. The number of nitrogens with one attached hydrogen (secondary N) is 1. The van der Waals surface area contributed by atoms with E-state index in [2.05, 4.69) is 10.3 Å². The molecule has 0 bridgehead atoms. The Morgan fingerprint density at radius 3 is 2.62 bits per heavy atom. The van der Waals surface area contributed by atoms with Gasteiger partial charge in [-0.3, -0.25) is 14.6 Å². The second kappa shape index (κ2) is 9.11. The lowest BCUT2D eigenvalue weighted by Gasteiger charge is -2.36. The topological polar surface area (TPSA) is 71.5 Å². The molecule has 3 heterocycles. The van der Waals surface area contributed by atoms with E-state index in [1.807, 2.05) is 13.8 Å². The van der Waals surface area contributed by atoms with Crippen molar-refractivity contribution in [2.45, 2.75) is 44.8 Å². The fourth-order valence-corrected chi connectivity index (χ4v) is 4.44. The van der Waals surface area contributed by atoms with Gasteiger partial charge in [0.25, 0.3) is 5.91 Å². The number of carbonyl (C=O) groups excluding carboxylic acids is 2. The van der Waals surface area contributed by atoms with Crippen molar-refractivity contribution in [3.63, 3.8) is 0 Å². The van der Waals surface area contributed by atoms with Crippen LogP contribution in [-0.2, 0) is 9.53 Å². The predicted molar refractivity (Wildman–Crippen MR) is 114 cm³/mol. The van der Waals surface area contributed by atoms with E-state index in [4.69, 9.17) is 16.3 Å². The summed E-state index contributed by atoms with van der Waals surface area (Å²) in [5, 5.41) is 2.52. The summed E-state index contributed by atoms with van der Waals surface area (Å²) in [6.07, 6.45) is 2.68. The number of hydrogen-bond donors (Lipinski definition) is 1. The third-order valence-corrected chi connectivity index (χ3v) is 6.44. The number of benzene rings is 1. The van der Waals surface area contributed by atoms with Crippen molar-refractivity contribution in [3.8, 4) is 0 Å². The van der Waals surface area contributed by atoms with Gasteiger partial charge in [-0.1, -0.05) is 11.6 Å². The van der Waals surface area contributed by atoms with Gasteiger partial charge in [-0.2, -0.15) is 0 Å². The van der Waals surface area contributed by atoms with E-state index in [1.165, 1.54) is 4.90 Å². The van der Waals surface area contributed by atoms with Crippen LogP contribution in [0.5, 0.6) is 0 Å². The van der Waals surface area contributed by atoms with Crippen LogP contribution in [0.4, 0.5) is 8.78 Å². The monoisotopic (exact) mass is 463 g/mol. The van der Waals surface area contributed by atoms with Gasteiger partial charge in [0.05, 0.1) is 24.3 Å². The molecule has 0 aliphatic carbocycles. The summed E-state index contributed by atoms with van der Waals surface area (Å²) in [5.41, 5.74) is 1.17. The van der Waals surface area contributed by atoms with E-state index >= 15 is 0 Å². The minimum absolute atomic E-state index is 0.0119.